The van der Waals surface area contributed by atoms with Crippen molar-refractivity contribution in [2.75, 3.05) is 6.61 Å². The van der Waals surface area contributed by atoms with E-state index in [0.717, 1.165) is 74.6 Å². The highest BCUT2D eigenvalue weighted by atomic mass is 32.2. The van der Waals surface area contributed by atoms with Gasteiger partial charge in [0.15, 0.2) is 0 Å². The van der Waals surface area contributed by atoms with E-state index in [1.54, 1.807) is 18.2 Å². The summed E-state index contributed by atoms with van der Waals surface area (Å²) in [4.78, 5) is 28.0. The molecule has 0 aromatic heterocycles. The molecule has 3 aliphatic rings. The molecular formula is C33H40N2O6S. The van der Waals surface area contributed by atoms with Gasteiger partial charge in [-0.1, -0.05) is 62.6 Å². The molecular weight excluding hydrogens is 552 g/mol. The van der Waals surface area contributed by atoms with Crippen molar-refractivity contribution in [3.05, 3.63) is 71.1 Å². The first-order valence-corrected chi connectivity index (χ1v) is 16.6. The second-order valence-corrected chi connectivity index (χ2v) is 13.1. The molecule has 8 nitrogen and oxygen atoms in total. The molecule has 2 fully saturated rings. The van der Waals surface area contributed by atoms with Crippen LogP contribution in [0.3, 0.4) is 0 Å². The van der Waals surface area contributed by atoms with E-state index in [2.05, 4.69) is 17.4 Å². The summed E-state index contributed by atoms with van der Waals surface area (Å²) in [6.45, 7) is 5.21. The highest BCUT2D eigenvalue weighted by molar-refractivity contribution is 7.90. The van der Waals surface area contributed by atoms with Crippen molar-refractivity contribution in [2.24, 2.45) is 5.41 Å². The van der Waals surface area contributed by atoms with Crippen molar-refractivity contribution in [1.82, 2.24) is 9.62 Å². The van der Waals surface area contributed by atoms with Crippen LogP contribution in [-0.2, 0) is 37.4 Å². The quantitative estimate of drug-likeness (QED) is 0.279. The van der Waals surface area contributed by atoms with Gasteiger partial charge in [0.2, 0.25) is 5.91 Å². The van der Waals surface area contributed by atoms with Gasteiger partial charge in [-0.05, 0) is 74.3 Å². The number of nitrogens with one attached hydrogen (secondary N) is 1. The molecule has 0 unspecified atom stereocenters. The van der Waals surface area contributed by atoms with E-state index in [1.165, 1.54) is 6.07 Å². The van der Waals surface area contributed by atoms with Gasteiger partial charge in [0.05, 0.1) is 29.2 Å². The Bertz CT molecular complexity index is 1500. The number of amides is 2. The van der Waals surface area contributed by atoms with Crippen molar-refractivity contribution in [1.29, 1.82) is 0 Å². The lowest BCUT2D eigenvalue weighted by Crippen LogP contribution is -2.42. The van der Waals surface area contributed by atoms with Crippen molar-refractivity contribution in [2.45, 2.75) is 95.8 Å². The van der Waals surface area contributed by atoms with Crippen LogP contribution >= 0.6 is 0 Å². The van der Waals surface area contributed by atoms with Crippen molar-refractivity contribution >= 4 is 22.0 Å². The highest BCUT2D eigenvalue weighted by Gasteiger charge is 2.44. The van der Waals surface area contributed by atoms with Gasteiger partial charge < -0.3 is 14.4 Å². The molecule has 5 rings (SSSR count). The fourth-order valence-corrected chi connectivity index (χ4v) is 6.91. The molecule has 1 aliphatic heterocycles. The Hall–Kier alpha value is -3.39. The highest BCUT2D eigenvalue weighted by Crippen LogP contribution is 2.44. The summed E-state index contributed by atoms with van der Waals surface area (Å²) in [5.41, 5.74) is 6.83. The van der Waals surface area contributed by atoms with Crippen LogP contribution in [0.25, 0.3) is 11.1 Å². The van der Waals surface area contributed by atoms with E-state index in [0.29, 0.717) is 24.3 Å². The second kappa shape index (κ2) is 12.9. The summed E-state index contributed by atoms with van der Waals surface area (Å²) in [6.07, 6.45) is 8.94. The van der Waals surface area contributed by atoms with E-state index in [4.69, 9.17) is 9.47 Å². The first kappa shape index (κ1) is 30.1. The standard InChI is InChI=1S/C33H40N2O6S/c1-3-5-10-26-17-20-33(18-8-9-19-33)31(36)35(26)22-24-13-16-28(25(21-24)23-40-4-2)29-11-6-7-12-30(29)42(38,39)34-32(37)41-27-14-15-27/h6-7,11-13,16,20-21,27H,3-5,8-10,14-15,18-19,22-23H2,1-2H3,(H,34,37). The number of ether oxygens (including phenoxy) is 2. The lowest BCUT2D eigenvalue weighted by atomic mass is 9.82. The summed E-state index contributed by atoms with van der Waals surface area (Å²) < 4.78 is 39.5. The minimum absolute atomic E-state index is 0.0208. The summed E-state index contributed by atoms with van der Waals surface area (Å²) in [5, 5.41) is 0. The van der Waals surface area contributed by atoms with E-state index < -0.39 is 21.5 Å². The second-order valence-electron chi connectivity index (χ2n) is 11.4. The topological polar surface area (TPSA) is 102 Å². The summed E-state index contributed by atoms with van der Waals surface area (Å²) in [7, 11) is -4.20. The molecule has 0 saturated heterocycles. The Labute approximate surface area is 248 Å². The molecule has 1 heterocycles. The Balaban J connectivity index is 1.47. The molecule has 2 aliphatic carbocycles. The number of unbranched alkanes of at least 4 members (excludes halogenated alkanes) is 1. The van der Waals surface area contributed by atoms with E-state index in [9.17, 15) is 18.0 Å². The van der Waals surface area contributed by atoms with Crippen LogP contribution in [0.5, 0.6) is 0 Å². The molecule has 0 radical (unpaired) electrons. The van der Waals surface area contributed by atoms with E-state index >= 15 is 0 Å². The first-order chi connectivity index (χ1) is 20.3. The molecule has 9 heteroatoms. The molecule has 1 N–H and O–H groups in total. The molecule has 42 heavy (non-hydrogen) atoms. The Morgan fingerprint density at radius 1 is 1.10 bits per heavy atom. The van der Waals surface area contributed by atoms with Crippen molar-refractivity contribution in [3.8, 4) is 11.1 Å². The van der Waals surface area contributed by atoms with Crippen LogP contribution < -0.4 is 4.72 Å². The molecule has 0 bridgehead atoms. The molecule has 2 aromatic rings. The maximum Gasteiger partial charge on any atom is 0.421 e. The smallest absolute Gasteiger partial charge is 0.421 e. The number of hydrogen-bond acceptors (Lipinski definition) is 6. The van der Waals surface area contributed by atoms with Crippen molar-refractivity contribution < 1.29 is 27.5 Å². The maximum atomic E-state index is 13.9. The van der Waals surface area contributed by atoms with Gasteiger partial charge in [0.25, 0.3) is 10.0 Å². The van der Waals surface area contributed by atoms with Crippen LogP contribution in [0.4, 0.5) is 4.79 Å². The predicted octanol–water partition coefficient (Wildman–Crippen LogP) is 6.60. The van der Waals surface area contributed by atoms with E-state index in [-0.39, 0.29) is 23.5 Å². The zero-order chi connectivity index (χ0) is 29.7. The number of benzene rings is 2. The SMILES string of the molecule is CCCCC1=C=CC2(CCCC2)C(=O)N1Cc1ccc(-c2ccccc2S(=O)(=O)NC(=O)OC2CC2)c(COCC)c1. The minimum atomic E-state index is -4.20. The van der Waals surface area contributed by atoms with E-state index in [1.807, 2.05) is 36.1 Å². The lowest BCUT2D eigenvalue weighted by molar-refractivity contribution is -0.138. The molecule has 2 saturated carbocycles. The molecule has 1 spiro atoms. The van der Waals surface area contributed by atoms with Crippen molar-refractivity contribution in [3.63, 3.8) is 0 Å². The normalized spacial score (nSPS) is 17.9. The number of rotatable bonds is 12. The zero-order valence-electron chi connectivity index (χ0n) is 24.5. The lowest BCUT2D eigenvalue weighted by Gasteiger charge is -2.36. The average molecular weight is 593 g/mol. The fraction of sp³-hybridized carbons (Fsp3) is 0.485. The van der Waals surface area contributed by atoms with Gasteiger partial charge in [0.1, 0.15) is 6.10 Å². The Morgan fingerprint density at radius 3 is 2.57 bits per heavy atom. The predicted molar refractivity (Wildman–Crippen MR) is 160 cm³/mol. The number of hydrogen-bond donors (Lipinski definition) is 1. The third-order valence-electron chi connectivity index (χ3n) is 8.23. The molecule has 224 valence electrons. The number of carbonyl (C=O) groups is 2. The molecule has 2 amide bonds. The fourth-order valence-electron chi connectivity index (χ4n) is 5.81. The van der Waals surface area contributed by atoms with Crippen LogP contribution in [0.15, 0.2) is 64.9 Å². The van der Waals surface area contributed by atoms with Crippen LogP contribution in [0, 0.1) is 5.41 Å². The number of nitrogens with zero attached hydrogens (tertiary/aromatic N) is 1. The largest absolute Gasteiger partial charge is 0.446 e. The summed E-state index contributed by atoms with van der Waals surface area (Å²) >= 11 is 0. The average Bonchev–Trinajstić information content (AvgIpc) is 3.66. The third-order valence-corrected chi connectivity index (χ3v) is 9.60. The van der Waals surface area contributed by atoms with Gasteiger partial charge in [-0.15, -0.1) is 5.73 Å². The van der Waals surface area contributed by atoms with Gasteiger partial charge in [0, 0.05) is 12.2 Å². The van der Waals surface area contributed by atoms with Gasteiger partial charge in [-0.2, -0.15) is 0 Å². The molecule has 2 aromatic carbocycles. The maximum absolute atomic E-state index is 13.9. The summed E-state index contributed by atoms with van der Waals surface area (Å²) in [6, 6.07) is 12.4. The Morgan fingerprint density at radius 2 is 1.86 bits per heavy atom. The first-order valence-electron chi connectivity index (χ1n) is 15.1. The van der Waals surface area contributed by atoms with Crippen LogP contribution in [-0.4, -0.2) is 38.0 Å². The Kier molecular flexibility index (Phi) is 9.21. The van der Waals surface area contributed by atoms with Gasteiger partial charge >= 0.3 is 6.09 Å². The third kappa shape index (κ3) is 6.64. The van der Waals surface area contributed by atoms with Gasteiger partial charge in [-0.3, -0.25) is 4.79 Å². The number of carbonyl (C=O) groups excluding carboxylic acids is 2. The van der Waals surface area contributed by atoms with Gasteiger partial charge in [-0.25, -0.2) is 17.9 Å². The van der Waals surface area contributed by atoms with Crippen LogP contribution in [0.2, 0.25) is 0 Å². The minimum Gasteiger partial charge on any atom is -0.446 e. The monoisotopic (exact) mass is 592 g/mol. The summed E-state index contributed by atoms with van der Waals surface area (Å²) in [5.74, 6) is 0.154. The van der Waals surface area contributed by atoms with Crippen LogP contribution in [0.1, 0.15) is 82.8 Å². The molecule has 0 atom stereocenters. The zero-order valence-corrected chi connectivity index (χ0v) is 25.3. The number of sulfonamides is 1.